The molecule has 0 amide bonds. The quantitative estimate of drug-likeness (QED) is 0.831. The molecule has 2 aromatic rings. The zero-order chi connectivity index (χ0) is 18.6. The van der Waals surface area contributed by atoms with E-state index < -0.39 is 55.6 Å². The van der Waals surface area contributed by atoms with Crippen LogP contribution < -0.4 is 9.47 Å². The van der Waals surface area contributed by atoms with Crippen LogP contribution in [0.1, 0.15) is 11.7 Å². The molecule has 2 aromatic carbocycles. The predicted molar refractivity (Wildman–Crippen MR) is 76.5 cm³/mol. The van der Waals surface area contributed by atoms with Crippen LogP contribution in [0.3, 0.4) is 0 Å². The molecule has 3 rings (SSSR count). The Morgan fingerprint density at radius 3 is 2.32 bits per heavy atom. The van der Waals surface area contributed by atoms with Gasteiger partial charge in [-0.3, -0.25) is 0 Å². The molecular formula is C15H10F4O5S. The highest BCUT2D eigenvalue weighted by molar-refractivity contribution is 7.90. The number of ether oxygens (including phenoxy) is 2. The number of hydrogen-bond donors (Lipinski definition) is 1. The van der Waals surface area contributed by atoms with Crippen molar-refractivity contribution in [1.82, 2.24) is 0 Å². The Balaban J connectivity index is 2.15. The third-order valence-corrected chi connectivity index (χ3v) is 4.57. The van der Waals surface area contributed by atoms with Gasteiger partial charge in [0, 0.05) is 24.5 Å². The normalized spacial score (nSPS) is 18.6. The van der Waals surface area contributed by atoms with Crippen LogP contribution in [0, 0.1) is 11.6 Å². The first kappa shape index (κ1) is 17.5. The molecule has 1 heterocycles. The molecule has 134 valence electrons. The monoisotopic (exact) mass is 378 g/mol. The van der Waals surface area contributed by atoms with Crippen LogP contribution in [-0.4, -0.2) is 25.9 Å². The third kappa shape index (κ3) is 3.14. The molecule has 1 aliphatic rings. The van der Waals surface area contributed by atoms with Gasteiger partial charge >= 0.3 is 6.11 Å². The Morgan fingerprint density at radius 2 is 1.76 bits per heavy atom. The minimum absolute atomic E-state index is 0.361. The highest BCUT2D eigenvalue weighted by Gasteiger charge is 2.53. The molecular weight excluding hydrogens is 368 g/mol. The van der Waals surface area contributed by atoms with Crippen LogP contribution in [-0.2, 0) is 9.84 Å². The number of sulfone groups is 1. The van der Waals surface area contributed by atoms with Gasteiger partial charge in [0.2, 0.25) is 0 Å². The van der Waals surface area contributed by atoms with Crippen LogP contribution in [0.25, 0.3) is 0 Å². The van der Waals surface area contributed by atoms with Crippen LogP contribution >= 0.6 is 0 Å². The average molecular weight is 378 g/mol. The second-order valence-corrected chi connectivity index (χ2v) is 7.33. The minimum Gasteiger partial charge on any atom is -0.453 e. The number of hydrogen-bond acceptors (Lipinski definition) is 5. The lowest BCUT2D eigenvalue weighted by Gasteiger charge is -2.12. The number of aliphatic hydroxyl groups is 1. The van der Waals surface area contributed by atoms with E-state index in [2.05, 4.69) is 4.74 Å². The van der Waals surface area contributed by atoms with Crippen molar-refractivity contribution in [2.45, 2.75) is 17.1 Å². The van der Waals surface area contributed by atoms with E-state index >= 15 is 0 Å². The molecule has 0 radical (unpaired) electrons. The summed E-state index contributed by atoms with van der Waals surface area (Å²) in [6.45, 7) is 0. The van der Waals surface area contributed by atoms with Crippen molar-refractivity contribution in [2.75, 3.05) is 6.26 Å². The van der Waals surface area contributed by atoms with E-state index in [1.807, 2.05) is 0 Å². The Kier molecular flexibility index (Phi) is 3.92. The number of fused-ring (bicyclic) bond motifs is 1. The van der Waals surface area contributed by atoms with Crippen LogP contribution in [0.4, 0.5) is 17.6 Å². The average Bonchev–Trinajstić information content (AvgIpc) is 2.68. The van der Waals surface area contributed by atoms with Crippen molar-refractivity contribution in [1.29, 1.82) is 0 Å². The molecule has 5 nitrogen and oxygen atoms in total. The summed E-state index contributed by atoms with van der Waals surface area (Å²) < 4.78 is 86.9. The van der Waals surface area contributed by atoms with Crippen molar-refractivity contribution < 1.29 is 40.6 Å². The van der Waals surface area contributed by atoms with Crippen LogP contribution in [0.15, 0.2) is 35.2 Å². The Bertz CT molecular complexity index is 938. The Labute approximate surface area is 139 Å². The van der Waals surface area contributed by atoms with E-state index in [9.17, 15) is 31.1 Å². The molecule has 0 fully saturated rings. The van der Waals surface area contributed by atoms with Crippen LogP contribution in [0.2, 0.25) is 0 Å². The number of aliphatic hydroxyl groups excluding tert-OH is 1. The topological polar surface area (TPSA) is 72.8 Å². The molecule has 0 unspecified atom stereocenters. The number of halogens is 4. The minimum atomic E-state index is -4.09. The maximum Gasteiger partial charge on any atom is 0.429 e. The smallest absolute Gasteiger partial charge is 0.429 e. The zero-order valence-corrected chi connectivity index (χ0v) is 13.3. The standard InChI is InChI=1S/C15H10F4O5S/c1-25(21,22)11-3-2-10(13-12(11)14(20)15(18,19)24-13)23-9-5-7(16)4-8(17)6-9/h2-6,14,20H,1H3/t14-/m0/s1. The molecule has 0 aromatic heterocycles. The first-order chi connectivity index (χ1) is 11.5. The van der Waals surface area contributed by atoms with E-state index in [-0.39, 0.29) is 5.75 Å². The van der Waals surface area contributed by atoms with Gasteiger partial charge in [-0.05, 0) is 12.1 Å². The fourth-order valence-corrected chi connectivity index (χ4v) is 3.32. The van der Waals surface area contributed by atoms with Gasteiger partial charge in [0.1, 0.15) is 17.4 Å². The van der Waals surface area contributed by atoms with E-state index in [0.717, 1.165) is 30.5 Å². The van der Waals surface area contributed by atoms with Gasteiger partial charge in [0.15, 0.2) is 27.4 Å². The zero-order valence-electron chi connectivity index (χ0n) is 12.5. The summed E-state index contributed by atoms with van der Waals surface area (Å²) >= 11 is 0. The van der Waals surface area contributed by atoms with E-state index in [4.69, 9.17) is 4.74 Å². The highest BCUT2D eigenvalue weighted by atomic mass is 32.2. The Morgan fingerprint density at radius 1 is 1.16 bits per heavy atom. The molecule has 1 atom stereocenters. The first-order valence-electron chi connectivity index (χ1n) is 6.75. The van der Waals surface area contributed by atoms with E-state index in [0.29, 0.717) is 6.07 Å². The lowest BCUT2D eigenvalue weighted by molar-refractivity contribution is -0.224. The summed E-state index contributed by atoms with van der Waals surface area (Å²) in [6.07, 6.45) is -5.86. The predicted octanol–water partition coefficient (Wildman–Crippen LogP) is 3.18. The summed E-state index contributed by atoms with van der Waals surface area (Å²) in [7, 11) is -3.96. The number of benzene rings is 2. The maximum absolute atomic E-state index is 13.7. The molecule has 1 N–H and O–H groups in total. The summed E-state index contributed by atoms with van der Waals surface area (Å²) in [6, 6.07) is 4.10. The maximum atomic E-state index is 13.7. The first-order valence-corrected chi connectivity index (χ1v) is 8.64. The van der Waals surface area contributed by atoms with Crippen molar-refractivity contribution in [3.8, 4) is 17.2 Å². The summed E-state index contributed by atoms with van der Waals surface area (Å²) in [4.78, 5) is -0.565. The Hall–Kier alpha value is -2.33. The highest BCUT2D eigenvalue weighted by Crippen LogP contribution is 2.52. The molecule has 0 saturated carbocycles. The van der Waals surface area contributed by atoms with Gasteiger partial charge in [0.05, 0.1) is 10.5 Å². The van der Waals surface area contributed by atoms with Gasteiger partial charge in [0.25, 0.3) is 0 Å². The molecule has 0 spiro atoms. The van der Waals surface area contributed by atoms with Gasteiger partial charge in [-0.15, -0.1) is 0 Å². The van der Waals surface area contributed by atoms with E-state index in [1.165, 1.54) is 0 Å². The molecule has 10 heteroatoms. The van der Waals surface area contributed by atoms with Crippen molar-refractivity contribution in [2.24, 2.45) is 0 Å². The largest absolute Gasteiger partial charge is 0.453 e. The van der Waals surface area contributed by atoms with Gasteiger partial charge in [-0.2, -0.15) is 8.78 Å². The second kappa shape index (κ2) is 5.60. The van der Waals surface area contributed by atoms with E-state index in [1.54, 1.807) is 0 Å². The summed E-state index contributed by atoms with van der Waals surface area (Å²) in [5.41, 5.74) is -0.679. The van der Waals surface area contributed by atoms with Crippen molar-refractivity contribution >= 4 is 9.84 Å². The van der Waals surface area contributed by atoms with Gasteiger partial charge in [-0.25, -0.2) is 17.2 Å². The lowest BCUT2D eigenvalue weighted by atomic mass is 10.1. The molecule has 0 bridgehead atoms. The van der Waals surface area contributed by atoms with Crippen LogP contribution in [0.5, 0.6) is 17.2 Å². The summed E-state index contributed by atoms with van der Waals surface area (Å²) in [5.74, 6) is -3.44. The number of rotatable bonds is 3. The van der Waals surface area contributed by atoms with Gasteiger partial charge in [-0.1, -0.05) is 0 Å². The fraction of sp³-hybridized carbons (Fsp3) is 0.200. The molecule has 0 saturated heterocycles. The molecule has 1 aliphatic heterocycles. The summed E-state index contributed by atoms with van der Waals surface area (Å²) in [5, 5.41) is 9.72. The lowest BCUT2D eigenvalue weighted by Crippen LogP contribution is -2.26. The fourth-order valence-electron chi connectivity index (χ4n) is 2.40. The van der Waals surface area contributed by atoms with Gasteiger partial charge < -0.3 is 14.6 Å². The second-order valence-electron chi connectivity index (χ2n) is 5.35. The molecule has 25 heavy (non-hydrogen) atoms. The molecule has 0 aliphatic carbocycles. The number of alkyl halides is 2. The third-order valence-electron chi connectivity index (χ3n) is 3.41. The SMILES string of the molecule is CS(=O)(=O)c1ccc(Oc2cc(F)cc(F)c2)c2c1[C@H](O)C(F)(F)O2. The van der Waals surface area contributed by atoms with Crippen molar-refractivity contribution in [3.63, 3.8) is 0 Å². The van der Waals surface area contributed by atoms with Crippen molar-refractivity contribution in [3.05, 3.63) is 47.5 Å².